The summed E-state index contributed by atoms with van der Waals surface area (Å²) in [6, 6.07) is 9.79. The van der Waals surface area contributed by atoms with Gasteiger partial charge in [-0.1, -0.05) is 18.2 Å². The van der Waals surface area contributed by atoms with Crippen LogP contribution in [0, 0.1) is 0 Å². The fourth-order valence-electron chi connectivity index (χ4n) is 2.31. The second-order valence-corrected chi connectivity index (χ2v) is 7.69. The molecule has 2 aromatic rings. The molecule has 0 aliphatic carbocycles. The number of carbonyl (C=O) groups is 2. The number of carbonyl (C=O) groups excluding carboxylic acids is 2. The molecule has 1 N–H and O–H groups in total. The maximum Gasteiger partial charge on any atom is 0.340 e. The molecule has 0 unspecified atom stereocenters. The Morgan fingerprint density at radius 3 is 2.56 bits per heavy atom. The minimum atomic E-state index is -3.63. The summed E-state index contributed by atoms with van der Waals surface area (Å²) in [5.74, 6) is -1.13. The van der Waals surface area contributed by atoms with Gasteiger partial charge in [-0.15, -0.1) is 0 Å². The second kappa shape index (κ2) is 9.24. The topological polar surface area (TPSA) is 106 Å². The first-order chi connectivity index (χ1) is 12.8. The molecule has 1 heterocycles. The number of benzene rings is 1. The average molecular weight is 391 g/mol. The number of amides is 1. The SMILES string of the molecule is CCOC(=O)c1ccccc1NC(=O)CN(Cc1cccnc1)S(C)(=O)=O. The molecular formula is C18H21N3O5S. The van der Waals surface area contributed by atoms with E-state index in [0.717, 1.165) is 10.6 Å². The van der Waals surface area contributed by atoms with Crippen LogP contribution in [0.4, 0.5) is 5.69 Å². The monoisotopic (exact) mass is 391 g/mol. The van der Waals surface area contributed by atoms with Crippen LogP contribution in [0.5, 0.6) is 0 Å². The number of ether oxygens (including phenoxy) is 1. The van der Waals surface area contributed by atoms with Crippen molar-refractivity contribution in [2.75, 3.05) is 24.7 Å². The molecule has 1 amide bonds. The van der Waals surface area contributed by atoms with Crippen molar-refractivity contribution in [2.24, 2.45) is 0 Å². The molecule has 144 valence electrons. The lowest BCUT2D eigenvalue weighted by atomic mass is 10.2. The van der Waals surface area contributed by atoms with Gasteiger partial charge in [0.15, 0.2) is 0 Å². The molecule has 0 atom stereocenters. The number of hydrogen-bond donors (Lipinski definition) is 1. The largest absolute Gasteiger partial charge is 0.462 e. The molecule has 1 aromatic carbocycles. The number of esters is 1. The van der Waals surface area contributed by atoms with Gasteiger partial charge >= 0.3 is 5.97 Å². The molecule has 0 aliphatic rings. The number of anilines is 1. The number of rotatable bonds is 8. The van der Waals surface area contributed by atoms with Crippen molar-refractivity contribution in [3.8, 4) is 0 Å². The molecule has 8 nitrogen and oxygen atoms in total. The van der Waals surface area contributed by atoms with Crippen LogP contribution in [0.2, 0.25) is 0 Å². The molecule has 0 saturated carbocycles. The highest BCUT2D eigenvalue weighted by atomic mass is 32.2. The number of aromatic nitrogens is 1. The van der Waals surface area contributed by atoms with Gasteiger partial charge in [-0.2, -0.15) is 4.31 Å². The molecule has 0 radical (unpaired) electrons. The molecular weight excluding hydrogens is 370 g/mol. The lowest BCUT2D eigenvalue weighted by Gasteiger charge is -2.20. The van der Waals surface area contributed by atoms with Gasteiger partial charge < -0.3 is 10.1 Å². The van der Waals surface area contributed by atoms with Gasteiger partial charge in [0, 0.05) is 18.9 Å². The summed E-state index contributed by atoms with van der Waals surface area (Å²) in [5.41, 5.74) is 1.12. The Hall–Kier alpha value is -2.78. The van der Waals surface area contributed by atoms with Crippen LogP contribution in [-0.4, -0.2) is 49.0 Å². The van der Waals surface area contributed by atoms with Gasteiger partial charge in [0.25, 0.3) is 0 Å². The van der Waals surface area contributed by atoms with Crippen LogP contribution in [0.15, 0.2) is 48.8 Å². The molecule has 0 fully saturated rings. The predicted molar refractivity (Wildman–Crippen MR) is 101 cm³/mol. The zero-order valence-corrected chi connectivity index (χ0v) is 15.9. The van der Waals surface area contributed by atoms with Crippen LogP contribution < -0.4 is 5.32 Å². The maximum atomic E-state index is 12.4. The van der Waals surface area contributed by atoms with Crippen molar-refractivity contribution in [3.63, 3.8) is 0 Å². The molecule has 9 heteroatoms. The Morgan fingerprint density at radius 1 is 1.19 bits per heavy atom. The van der Waals surface area contributed by atoms with Crippen molar-refractivity contribution in [1.29, 1.82) is 0 Å². The summed E-state index contributed by atoms with van der Waals surface area (Å²) in [5, 5.41) is 2.58. The molecule has 0 saturated heterocycles. The van der Waals surface area contributed by atoms with E-state index in [1.165, 1.54) is 12.3 Å². The highest BCUT2D eigenvalue weighted by Crippen LogP contribution is 2.17. The quantitative estimate of drug-likeness (QED) is 0.686. The number of para-hydroxylation sites is 1. The lowest BCUT2D eigenvalue weighted by Crippen LogP contribution is -2.37. The number of hydrogen-bond acceptors (Lipinski definition) is 6. The van der Waals surface area contributed by atoms with Crippen molar-refractivity contribution in [3.05, 3.63) is 59.9 Å². The van der Waals surface area contributed by atoms with E-state index >= 15 is 0 Å². The first kappa shape index (κ1) is 20.5. The van der Waals surface area contributed by atoms with Crippen LogP contribution >= 0.6 is 0 Å². The van der Waals surface area contributed by atoms with E-state index in [-0.39, 0.29) is 24.4 Å². The van der Waals surface area contributed by atoms with E-state index in [0.29, 0.717) is 5.56 Å². The fraction of sp³-hybridized carbons (Fsp3) is 0.278. The first-order valence-electron chi connectivity index (χ1n) is 8.21. The summed E-state index contributed by atoms with van der Waals surface area (Å²) < 4.78 is 30.1. The summed E-state index contributed by atoms with van der Waals surface area (Å²) in [6.07, 6.45) is 4.14. The number of pyridine rings is 1. The van der Waals surface area contributed by atoms with Gasteiger partial charge in [-0.25, -0.2) is 13.2 Å². The van der Waals surface area contributed by atoms with Gasteiger partial charge in [0.05, 0.1) is 30.7 Å². The zero-order chi connectivity index (χ0) is 19.9. The van der Waals surface area contributed by atoms with E-state index in [9.17, 15) is 18.0 Å². The number of nitrogens with zero attached hydrogens (tertiary/aromatic N) is 2. The molecule has 0 bridgehead atoms. The van der Waals surface area contributed by atoms with E-state index in [1.54, 1.807) is 43.5 Å². The van der Waals surface area contributed by atoms with Crippen LogP contribution in [0.1, 0.15) is 22.8 Å². The Morgan fingerprint density at radius 2 is 1.93 bits per heavy atom. The molecule has 1 aromatic heterocycles. The summed E-state index contributed by atoms with van der Waals surface area (Å²) in [7, 11) is -3.63. The van der Waals surface area contributed by atoms with Crippen molar-refractivity contribution >= 4 is 27.6 Å². The molecule has 27 heavy (non-hydrogen) atoms. The van der Waals surface area contributed by atoms with Crippen LogP contribution in [0.25, 0.3) is 0 Å². The molecule has 0 spiro atoms. The Labute approximate surface area is 158 Å². The Kier molecular flexibility index (Phi) is 7.03. The van der Waals surface area contributed by atoms with Gasteiger partial charge in [0.2, 0.25) is 15.9 Å². The number of sulfonamides is 1. The lowest BCUT2D eigenvalue weighted by molar-refractivity contribution is -0.116. The third-order valence-electron chi connectivity index (χ3n) is 3.57. The number of nitrogens with one attached hydrogen (secondary N) is 1. The van der Waals surface area contributed by atoms with Crippen LogP contribution in [-0.2, 0) is 26.1 Å². The Balaban J connectivity index is 2.14. The minimum absolute atomic E-state index is 0.0135. The maximum absolute atomic E-state index is 12.4. The van der Waals surface area contributed by atoms with Gasteiger partial charge in [-0.3, -0.25) is 9.78 Å². The van der Waals surface area contributed by atoms with E-state index in [1.807, 2.05) is 0 Å². The van der Waals surface area contributed by atoms with Crippen molar-refractivity contribution in [2.45, 2.75) is 13.5 Å². The Bertz CT molecular complexity index is 900. The summed E-state index contributed by atoms with van der Waals surface area (Å²) in [6.45, 7) is 1.50. The van der Waals surface area contributed by atoms with Gasteiger partial charge in [-0.05, 0) is 30.7 Å². The van der Waals surface area contributed by atoms with E-state index in [4.69, 9.17) is 4.74 Å². The first-order valence-corrected chi connectivity index (χ1v) is 10.1. The third-order valence-corrected chi connectivity index (χ3v) is 4.76. The van der Waals surface area contributed by atoms with E-state index < -0.39 is 28.4 Å². The van der Waals surface area contributed by atoms with Crippen LogP contribution in [0.3, 0.4) is 0 Å². The summed E-state index contributed by atoms with van der Waals surface area (Å²) >= 11 is 0. The van der Waals surface area contributed by atoms with Gasteiger partial charge in [0.1, 0.15) is 0 Å². The predicted octanol–water partition coefficient (Wildman–Crippen LogP) is 1.66. The standard InChI is InChI=1S/C18H21N3O5S/c1-3-26-18(23)15-8-4-5-9-16(15)20-17(22)13-21(27(2,24)25)12-14-7-6-10-19-11-14/h4-11H,3,12-13H2,1-2H3,(H,20,22). The minimum Gasteiger partial charge on any atom is -0.462 e. The van der Waals surface area contributed by atoms with E-state index in [2.05, 4.69) is 10.3 Å². The highest BCUT2D eigenvalue weighted by molar-refractivity contribution is 7.88. The van der Waals surface area contributed by atoms with Crippen molar-refractivity contribution in [1.82, 2.24) is 9.29 Å². The normalized spacial score (nSPS) is 11.2. The second-order valence-electron chi connectivity index (χ2n) is 5.71. The third kappa shape index (κ3) is 6.15. The zero-order valence-electron chi connectivity index (χ0n) is 15.1. The highest BCUT2D eigenvalue weighted by Gasteiger charge is 2.22. The average Bonchev–Trinajstić information content (AvgIpc) is 2.62. The smallest absolute Gasteiger partial charge is 0.340 e. The summed E-state index contributed by atoms with van der Waals surface area (Å²) in [4.78, 5) is 28.3. The van der Waals surface area contributed by atoms with Crippen molar-refractivity contribution < 1.29 is 22.7 Å². The molecule has 0 aliphatic heterocycles. The fourth-order valence-corrected chi connectivity index (χ4v) is 3.05. The molecule has 2 rings (SSSR count).